The van der Waals surface area contributed by atoms with Crippen LogP contribution in [0.15, 0.2) is 41.5 Å². The Balaban J connectivity index is 0.00000280. The number of ether oxygens (including phenoxy) is 1. The predicted octanol–water partition coefficient (Wildman–Crippen LogP) is 2.72. The summed E-state index contributed by atoms with van der Waals surface area (Å²) in [7, 11) is 0. The third-order valence-electron chi connectivity index (χ3n) is 4.49. The Labute approximate surface area is 182 Å². The molecule has 1 aromatic heterocycles. The number of likely N-dealkylation sites (tertiary alicyclic amines) is 1. The largest absolute Gasteiger partial charge is 0.450 e. The zero-order valence-corrected chi connectivity index (χ0v) is 18.3. The fourth-order valence-corrected chi connectivity index (χ4v) is 3.04. The number of rotatable bonds is 5. The molecule has 0 radical (unpaired) electrons. The third kappa shape index (κ3) is 6.11. The molecule has 1 aliphatic heterocycles. The molecule has 2 heterocycles. The average molecular weight is 498 g/mol. The van der Waals surface area contributed by atoms with Gasteiger partial charge in [0.1, 0.15) is 12.4 Å². The smallest absolute Gasteiger partial charge is 0.409 e. The summed E-state index contributed by atoms with van der Waals surface area (Å²) in [6.45, 7) is 3.90. The standard InChI is InChI=1S/C19H26N6O2.HI/c1-2-27-19(26)25-10-8-15(9-11-25)23-18(20)22-13-17-21-12-16(24-17)14-6-4-3-5-7-14;/h3-7,12,15H,2,8-11,13H2,1H3,(H,21,24)(H3,20,22,23);1H. The number of nitrogens with two attached hydrogens (primary N) is 1. The van der Waals surface area contributed by atoms with Crippen molar-refractivity contribution < 1.29 is 9.53 Å². The number of nitrogens with zero attached hydrogens (tertiary/aromatic N) is 3. The van der Waals surface area contributed by atoms with Crippen molar-refractivity contribution >= 4 is 36.0 Å². The number of nitrogens with one attached hydrogen (secondary N) is 2. The van der Waals surface area contributed by atoms with Crippen molar-refractivity contribution in [3.05, 3.63) is 42.4 Å². The van der Waals surface area contributed by atoms with Crippen LogP contribution in [0, 0.1) is 0 Å². The van der Waals surface area contributed by atoms with Crippen LogP contribution in [0.25, 0.3) is 11.3 Å². The van der Waals surface area contributed by atoms with Gasteiger partial charge in [-0.25, -0.2) is 14.8 Å². The maximum Gasteiger partial charge on any atom is 0.409 e. The molecular weight excluding hydrogens is 471 g/mol. The molecule has 4 N–H and O–H groups in total. The van der Waals surface area contributed by atoms with Crippen LogP contribution in [0.2, 0.25) is 0 Å². The van der Waals surface area contributed by atoms with Crippen LogP contribution in [-0.2, 0) is 11.3 Å². The molecule has 28 heavy (non-hydrogen) atoms. The minimum Gasteiger partial charge on any atom is -0.450 e. The molecule has 0 spiro atoms. The lowest BCUT2D eigenvalue weighted by atomic mass is 10.1. The minimum absolute atomic E-state index is 0. The Morgan fingerprint density at radius 3 is 2.75 bits per heavy atom. The Hall–Kier alpha value is -2.30. The monoisotopic (exact) mass is 498 g/mol. The number of imidazole rings is 1. The molecule has 1 aliphatic rings. The lowest BCUT2D eigenvalue weighted by Crippen LogP contribution is -2.48. The Bertz CT molecular complexity index is 772. The van der Waals surface area contributed by atoms with Crippen molar-refractivity contribution in [3.63, 3.8) is 0 Å². The molecule has 1 aromatic carbocycles. The summed E-state index contributed by atoms with van der Waals surface area (Å²) in [6, 6.07) is 10.2. The maximum absolute atomic E-state index is 11.7. The second-order valence-electron chi connectivity index (χ2n) is 6.42. The highest BCUT2D eigenvalue weighted by Crippen LogP contribution is 2.16. The van der Waals surface area contributed by atoms with E-state index in [2.05, 4.69) is 20.3 Å². The van der Waals surface area contributed by atoms with E-state index in [0.29, 0.717) is 32.2 Å². The summed E-state index contributed by atoms with van der Waals surface area (Å²) in [5, 5.41) is 3.23. The highest BCUT2D eigenvalue weighted by molar-refractivity contribution is 14.0. The average Bonchev–Trinajstić information content (AvgIpc) is 3.17. The van der Waals surface area contributed by atoms with Gasteiger partial charge in [-0.1, -0.05) is 30.3 Å². The zero-order valence-electron chi connectivity index (χ0n) is 15.9. The lowest BCUT2D eigenvalue weighted by Gasteiger charge is -2.31. The Morgan fingerprint density at radius 1 is 1.36 bits per heavy atom. The van der Waals surface area contributed by atoms with Gasteiger partial charge in [-0.3, -0.25) is 0 Å². The van der Waals surface area contributed by atoms with E-state index < -0.39 is 0 Å². The van der Waals surface area contributed by atoms with E-state index in [0.717, 1.165) is 29.9 Å². The van der Waals surface area contributed by atoms with Gasteiger partial charge in [0, 0.05) is 19.1 Å². The van der Waals surface area contributed by atoms with Crippen molar-refractivity contribution in [1.29, 1.82) is 0 Å². The molecule has 1 fully saturated rings. The molecule has 3 rings (SSSR count). The van der Waals surface area contributed by atoms with Gasteiger partial charge >= 0.3 is 6.09 Å². The second kappa shape index (κ2) is 10.9. The van der Waals surface area contributed by atoms with Crippen LogP contribution in [-0.4, -0.2) is 52.7 Å². The number of amides is 1. The van der Waals surface area contributed by atoms with Crippen molar-refractivity contribution in [2.24, 2.45) is 10.7 Å². The quantitative estimate of drug-likeness (QED) is 0.334. The molecule has 9 heteroatoms. The Morgan fingerprint density at radius 2 is 2.07 bits per heavy atom. The number of aromatic nitrogens is 2. The number of carbonyl (C=O) groups is 1. The summed E-state index contributed by atoms with van der Waals surface area (Å²) >= 11 is 0. The van der Waals surface area contributed by atoms with E-state index in [1.54, 1.807) is 11.1 Å². The molecule has 1 amide bonds. The molecule has 0 atom stereocenters. The fraction of sp³-hybridized carbons (Fsp3) is 0.421. The molecule has 1 saturated heterocycles. The van der Waals surface area contributed by atoms with E-state index in [-0.39, 0.29) is 36.1 Å². The van der Waals surface area contributed by atoms with Gasteiger partial charge in [-0.2, -0.15) is 0 Å². The van der Waals surface area contributed by atoms with Gasteiger partial charge < -0.3 is 25.7 Å². The van der Waals surface area contributed by atoms with E-state index in [1.165, 1.54) is 0 Å². The van der Waals surface area contributed by atoms with Crippen LogP contribution in [0.5, 0.6) is 0 Å². The first kappa shape index (κ1) is 22.0. The van der Waals surface area contributed by atoms with Crippen LogP contribution >= 0.6 is 24.0 Å². The van der Waals surface area contributed by atoms with Gasteiger partial charge in [0.05, 0.1) is 18.5 Å². The number of guanidine groups is 1. The van der Waals surface area contributed by atoms with Crippen LogP contribution in [0.3, 0.4) is 0 Å². The number of hydrogen-bond donors (Lipinski definition) is 3. The van der Waals surface area contributed by atoms with E-state index in [4.69, 9.17) is 10.5 Å². The summed E-state index contributed by atoms with van der Waals surface area (Å²) in [4.78, 5) is 25.4. The molecular formula is C19H27IN6O2. The number of piperidine rings is 1. The fourth-order valence-electron chi connectivity index (χ4n) is 3.04. The summed E-state index contributed by atoms with van der Waals surface area (Å²) in [5.41, 5.74) is 8.04. The predicted molar refractivity (Wildman–Crippen MR) is 120 cm³/mol. The van der Waals surface area contributed by atoms with Crippen molar-refractivity contribution in [3.8, 4) is 11.3 Å². The first-order valence-corrected chi connectivity index (χ1v) is 9.23. The van der Waals surface area contributed by atoms with Crippen molar-refractivity contribution in [2.45, 2.75) is 32.4 Å². The van der Waals surface area contributed by atoms with Crippen molar-refractivity contribution in [2.75, 3.05) is 19.7 Å². The van der Waals surface area contributed by atoms with Crippen LogP contribution in [0.4, 0.5) is 4.79 Å². The normalized spacial score (nSPS) is 15.0. The minimum atomic E-state index is -0.246. The maximum atomic E-state index is 11.7. The van der Waals surface area contributed by atoms with E-state index >= 15 is 0 Å². The summed E-state index contributed by atoms with van der Waals surface area (Å²) < 4.78 is 5.03. The number of halogens is 1. The molecule has 0 aliphatic carbocycles. The topological polar surface area (TPSA) is 109 Å². The van der Waals surface area contributed by atoms with Crippen molar-refractivity contribution in [1.82, 2.24) is 20.2 Å². The van der Waals surface area contributed by atoms with Gasteiger partial charge in [-0.15, -0.1) is 24.0 Å². The lowest BCUT2D eigenvalue weighted by molar-refractivity contribution is 0.0963. The SMILES string of the molecule is CCOC(=O)N1CCC(NC(N)=NCc2ncc(-c3ccccc3)[nH]2)CC1.I. The number of hydrogen-bond acceptors (Lipinski definition) is 4. The zero-order chi connectivity index (χ0) is 19.1. The number of aromatic amines is 1. The van der Waals surface area contributed by atoms with Gasteiger partial charge in [0.25, 0.3) is 0 Å². The van der Waals surface area contributed by atoms with Crippen LogP contribution < -0.4 is 11.1 Å². The molecule has 0 unspecified atom stereocenters. The van der Waals surface area contributed by atoms with E-state index in [9.17, 15) is 4.79 Å². The molecule has 0 bridgehead atoms. The molecule has 8 nitrogen and oxygen atoms in total. The van der Waals surface area contributed by atoms with Gasteiger partial charge in [0.2, 0.25) is 0 Å². The summed E-state index contributed by atoms with van der Waals surface area (Å²) in [6.07, 6.45) is 3.18. The van der Waals surface area contributed by atoms with E-state index in [1.807, 2.05) is 37.3 Å². The number of H-pyrrole nitrogens is 1. The first-order chi connectivity index (χ1) is 13.2. The highest BCUT2D eigenvalue weighted by Gasteiger charge is 2.23. The number of aliphatic imine (C=N–C) groups is 1. The second-order valence-corrected chi connectivity index (χ2v) is 6.42. The van der Waals surface area contributed by atoms with Gasteiger partial charge in [-0.05, 0) is 25.3 Å². The Kier molecular flexibility index (Phi) is 8.55. The number of benzene rings is 1. The first-order valence-electron chi connectivity index (χ1n) is 9.23. The third-order valence-corrected chi connectivity index (χ3v) is 4.49. The number of carbonyl (C=O) groups excluding carboxylic acids is 1. The molecule has 2 aromatic rings. The summed E-state index contributed by atoms with van der Waals surface area (Å²) in [5.74, 6) is 1.15. The van der Waals surface area contributed by atoms with Gasteiger partial charge in [0.15, 0.2) is 5.96 Å². The highest BCUT2D eigenvalue weighted by atomic mass is 127. The molecule has 0 saturated carbocycles. The van der Waals surface area contributed by atoms with Crippen LogP contribution in [0.1, 0.15) is 25.6 Å². The molecule has 152 valence electrons.